The number of nitrogens with zero attached hydrogens (tertiary/aromatic N) is 2. The molecule has 13 heteroatoms. The molecule has 186 valence electrons. The number of ether oxygens (including phenoxy) is 1. The molecule has 0 aliphatic carbocycles. The van der Waals surface area contributed by atoms with E-state index in [4.69, 9.17) is 21.4 Å². The van der Waals surface area contributed by atoms with Crippen LogP contribution in [-0.2, 0) is 24.0 Å². The molecule has 0 unspecified atom stereocenters. The second-order valence-corrected chi connectivity index (χ2v) is 8.23. The van der Waals surface area contributed by atoms with Crippen LogP contribution in [0.15, 0.2) is 30.5 Å². The smallest absolute Gasteiger partial charge is 0.305 e. The largest absolute Gasteiger partial charge is 0.495 e. The van der Waals surface area contributed by atoms with Gasteiger partial charge >= 0.3 is 5.97 Å². The zero-order valence-corrected chi connectivity index (χ0v) is 19.4. The van der Waals surface area contributed by atoms with Gasteiger partial charge in [0.1, 0.15) is 24.1 Å². The number of aldehydes is 1. The van der Waals surface area contributed by atoms with E-state index in [1.165, 1.54) is 37.6 Å². The Hall–Kier alpha value is -3.93. The minimum absolute atomic E-state index is 0.00869. The van der Waals surface area contributed by atoms with Crippen LogP contribution in [0.3, 0.4) is 0 Å². The number of rotatable bonds is 8. The lowest BCUT2D eigenvalue weighted by atomic mass is 10.1. The summed E-state index contributed by atoms with van der Waals surface area (Å²) in [6, 6.07) is 0.637. The lowest BCUT2D eigenvalue weighted by molar-refractivity contribution is -0.166. The number of carboxylic acid groups (broad SMARTS) is 1. The summed E-state index contributed by atoms with van der Waals surface area (Å²) >= 11 is 6.08. The van der Waals surface area contributed by atoms with E-state index < -0.39 is 54.1 Å². The van der Waals surface area contributed by atoms with Crippen molar-refractivity contribution in [2.45, 2.75) is 43.8 Å². The van der Waals surface area contributed by atoms with Crippen LogP contribution in [0.4, 0.5) is 0 Å². The van der Waals surface area contributed by atoms with E-state index in [2.05, 4.69) is 10.6 Å². The fourth-order valence-corrected chi connectivity index (χ4v) is 4.00. The Bertz CT molecular complexity index is 1090. The summed E-state index contributed by atoms with van der Waals surface area (Å²) in [7, 11) is 1.42. The molecule has 0 saturated carbocycles. The fraction of sp³-hybridized carbons (Fsp3) is 0.364. The number of nitrogens with one attached hydrogen (secondary N) is 2. The maximum atomic E-state index is 13.4. The molecule has 1 aromatic rings. The first kappa shape index (κ1) is 25.7. The summed E-state index contributed by atoms with van der Waals surface area (Å²) in [5.74, 6) is -3.56. The first-order valence-corrected chi connectivity index (χ1v) is 11.0. The fourth-order valence-electron chi connectivity index (χ4n) is 3.74. The highest BCUT2D eigenvalue weighted by Crippen LogP contribution is 2.26. The van der Waals surface area contributed by atoms with Gasteiger partial charge in [-0.2, -0.15) is 0 Å². The molecule has 0 spiro atoms. The van der Waals surface area contributed by atoms with Crippen LogP contribution in [-0.4, -0.2) is 76.2 Å². The van der Waals surface area contributed by atoms with E-state index in [0.29, 0.717) is 5.75 Å². The van der Waals surface area contributed by atoms with Gasteiger partial charge in [-0.1, -0.05) is 17.7 Å². The predicted octanol–water partition coefficient (Wildman–Crippen LogP) is 0.257. The van der Waals surface area contributed by atoms with Crippen LogP contribution in [0.2, 0.25) is 5.02 Å². The quantitative estimate of drug-likeness (QED) is 0.423. The summed E-state index contributed by atoms with van der Waals surface area (Å²) in [6.45, 7) is 0. The zero-order valence-electron chi connectivity index (χ0n) is 18.6. The highest BCUT2D eigenvalue weighted by atomic mass is 35.5. The Kier molecular flexibility index (Phi) is 8.07. The van der Waals surface area contributed by atoms with Crippen molar-refractivity contribution < 1.29 is 38.6 Å². The normalized spacial score (nSPS) is 20.4. The number of carbonyl (C=O) groups excluding carboxylic acids is 5. The van der Waals surface area contributed by atoms with Gasteiger partial charge < -0.3 is 25.3 Å². The van der Waals surface area contributed by atoms with Crippen molar-refractivity contribution in [1.82, 2.24) is 20.7 Å². The Morgan fingerprint density at radius 2 is 2.06 bits per heavy atom. The van der Waals surface area contributed by atoms with E-state index >= 15 is 0 Å². The van der Waals surface area contributed by atoms with Crippen molar-refractivity contribution in [1.29, 1.82) is 0 Å². The molecule has 2 heterocycles. The number of hydrogen-bond donors (Lipinski definition) is 3. The predicted molar refractivity (Wildman–Crippen MR) is 120 cm³/mol. The third kappa shape index (κ3) is 5.77. The first-order valence-electron chi connectivity index (χ1n) is 10.6. The van der Waals surface area contributed by atoms with Crippen LogP contribution >= 0.6 is 11.6 Å². The van der Waals surface area contributed by atoms with Crippen molar-refractivity contribution in [3.05, 3.63) is 41.1 Å². The molecule has 35 heavy (non-hydrogen) atoms. The maximum absolute atomic E-state index is 13.4. The molecule has 1 fully saturated rings. The Balaban J connectivity index is 1.82. The van der Waals surface area contributed by atoms with E-state index in [1.807, 2.05) is 0 Å². The van der Waals surface area contributed by atoms with Gasteiger partial charge in [-0.25, -0.2) is 10.0 Å². The molecule has 0 aromatic heterocycles. The van der Waals surface area contributed by atoms with Gasteiger partial charge in [0.2, 0.25) is 11.8 Å². The number of methoxy groups -OCH3 is 1. The molecule has 4 amide bonds. The molecule has 12 nitrogen and oxygen atoms in total. The summed E-state index contributed by atoms with van der Waals surface area (Å²) in [4.78, 5) is 73.9. The average molecular weight is 507 g/mol. The molecular formula is C22H23ClN4O8. The standard InChI is InChI=1S/C22H23ClN4O8/c1-35-17-6-4-12(9-14(17)23)20(32)25-15-5-7-18(29)26-8-2-3-16(27(26)22(15)34)21(33)24-13(11-28)10-19(30)31/h2,4,6,8-9,11,13,15-16H,3,5,7,10H2,1H3,(H,24,33)(H,25,32)(H,30,31)/t13-,15-,16-/m0/s1. The third-order valence-corrected chi connectivity index (χ3v) is 5.76. The number of carbonyl (C=O) groups is 6. The molecule has 2 aliphatic rings. The molecular weight excluding hydrogens is 484 g/mol. The van der Waals surface area contributed by atoms with Crippen molar-refractivity contribution in [3.8, 4) is 5.75 Å². The SMILES string of the molecule is COc1ccc(C(=O)N[C@H]2CCC(=O)N3C=CC[C@@H](C(=O)N[C@H](C=O)CC(=O)O)N3C2=O)cc1Cl. The monoisotopic (exact) mass is 506 g/mol. The Morgan fingerprint density at radius 1 is 1.31 bits per heavy atom. The number of aliphatic carboxylic acids is 1. The lowest BCUT2D eigenvalue weighted by Gasteiger charge is -2.39. The van der Waals surface area contributed by atoms with Gasteiger partial charge in [-0.3, -0.25) is 24.0 Å². The maximum Gasteiger partial charge on any atom is 0.305 e. The van der Waals surface area contributed by atoms with Crippen molar-refractivity contribution in [2.24, 2.45) is 0 Å². The van der Waals surface area contributed by atoms with Crippen LogP contribution in [0.25, 0.3) is 0 Å². The Labute approximate surface area is 204 Å². The Morgan fingerprint density at radius 3 is 2.69 bits per heavy atom. The number of benzene rings is 1. The van der Waals surface area contributed by atoms with Crippen LogP contribution < -0.4 is 15.4 Å². The topological polar surface area (TPSA) is 162 Å². The van der Waals surface area contributed by atoms with Crippen molar-refractivity contribution in [3.63, 3.8) is 0 Å². The summed E-state index contributed by atoms with van der Waals surface area (Å²) < 4.78 is 5.06. The van der Waals surface area contributed by atoms with Gasteiger partial charge in [-0.05, 0) is 31.0 Å². The zero-order chi connectivity index (χ0) is 25.7. The van der Waals surface area contributed by atoms with Gasteiger partial charge in [0.15, 0.2) is 0 Å². The molecule has 3 rings (SSSR count). The highest BCUT2D eigenvalue weighted by molar-refractivity contribution is 6.32. The van der Waals surface area contributed by atoms with Gasteiger partial charge in [-0.15, -0.1) is 0 Å². The van der Waals surface area contributed by atoms with E-state index in [1.54, 1.807) is 0 Å². The molecule has 2 aliphatic heterocycles. The van der Waals surface area contributed by atoms with Crippen LogP contribution in [0.5, 0.6) is 5.75 Å². The van der Waals surface area contributed by atoms with Gasteiger partial charge in [0, 0.05) is 18.2 Å². The summed E-state index contributed by atoms with van der Waals surface area (Å²) in [5.41, 5.74) is 0.159. The van der Waals surface area contributed by atoms with E-state index in [0.717, 1.165) is 10.0 Å². The average Bonchev–Trinajstić information content (AvgIpc) is 2.95. The van der Waals surface area contributed by atoms with Gasteiger partial charge in [0.25, 0.3) is 11.8 Å². The number of hydrazine groups is 1. The third-order valence-electron chi connectivity index (χ3n) is 5.47. The number of halogens is 1. The minimum Gasteiger partial charge on any atom is -0.495 e. The molecule has 1 aromatic carbocycles. The molecule has 1 saturated heterocycles. The highest BCUT2D eigenvalue weighted by Gasteiger charge is 2.43. The molecule has 0 radical (unpaired) electrons. The second kappa shape index (κ2) is 11.0. The number of amides is 4. The number of fused-ring (bicyclic) bond motifs is 1. The summed E-state index contributed by atoms with van der Waals surface area (Å²) in [5, 5.41) is 15.9. The van der Waals surface area contributed by atoms with Crippen molar-refractivity contribution in [2.75, 3.05) is 7.11 Å². The summed E-state index contributed by atoms with van der Waals surface area (Å²) in [6.07, 6.45) is 2.40. The van der Waals surface area contributed by atoms with E-state index in [9.17, 15) is 28.8 Å². The first-order chi connectivity index (χ1) is 16.7. The number of carboxylic acids is 1. The second-order valence-electron chi connectivity index (χ2n) is 7.82. The molecule has 3 N–H and O–H groups in total. The van der Waals surface area contributed by atoms with Gasteiger partial charge in [0.05, 0.1) is 24.6 Å². The van der Waals surface area contributed by atoms with Crippen LogP contribution in [0.1, 0.15) is 36.0 Å². The number of hydrogen-bond acceptors (Lipinski definition) is 7. The minimum atomic E-state index is -1.31. The molecule has 0 bridgehead atoms. The molecule has 3 atom stereocenters. The van der Waals surface area contributed by atoms with Crippen molar-refractivity contribution >= 4 is 47.5 Å². The van der Waals surface area contributed by atoms with Crippen LogP contribution in [0, 0.1) is 0 Å². The lowest BCUT2D eigenvalue weighted by Crippen LogP contribution is -2.62. The van der Waals surface area contributed by atoms with E-state index in [-0.39, 0.29) is 36.1 Å².